The molecule has 1 saturated heterocycles. The highest BCUT2D eigenvalue weighted by atomic mass is 35.5. The summed E-state index contributed by atoms with van der Waals surface area (Å²) >= 11 is 5.72. The van der Waals surface area contributed by atoms with E-state index >= 15 is 0 Å². The first kappa shape index (κ1) is 24.4. The first-order valence-electron chi connectivity index (χ1n) is 10.9. The molecule has 9 nitrogen and oxygen atoms in total. The maximum Gasteiger partial charge on any atom is 0.410 e. The zero-order valence-corrected chi connectivity index (χ0v) is 19.5. The average molecular weight is 474 g/mol. The molecule has 2 fully saturated rings. The standard InChI is InChI=1S/C13H11ClN4O2.C10H17NO2/c1-8-2-4-10(16-7-19)12(17-8)13(20)18-11-5-3-9(14)6-15-11;1-8-2-4-9(5-3-8)11-6-7-13-10(11)12/h2-7H,1H3,(H,16,19)(H,15,18,20);8-9H,2-7H2,1H3. The molecule has 2 aliphatic rings. The zero-order valence-electron chi connectivity index (χ0n) is 18.7. The summed E-state index contributed by atoms with van der Waals surface area (Å²) in [7, 11) is 0. The van der Waals surface area contributed by atoms with Crippen LogP contribution in [-0.2, 0) is 9.53 Å². The van der Waals surface area contributed by atoms with Crippen LogP contribution >= 0.6 is 11.6 Å². The van der Waals surface area contributed by atoms with Crippen LogP contribution in [0.4, 0.5) is 16.3 Å². The van der Waals surface area contributed by atoms with E-state index in [1.54, 1.807) is 31.2 Å². The van der Waals surface area contributed by atoms with E-state index < -0.39 is 5.91 Å². The van der Waals surface area contributed by atoms with E-state index in [4.69, 9.17) is 16.3 Å². The number of rotatable bonds is 5. The fraction of sp³-hybridized carbons (Fsp3) is 0.435. The Labute approximate surface area is 197 Å². The Kier molecular flexibility index (Phi) is 8.59. The molecule has 0 aromatic carbocycles. The lowest BCUT2D eigenvalue weighted by Gasteiger charge is -2.31. The molecule has 2 N–H and O–H groups in total. The molecular formula is C23H28ClN5O4. The van der Waals surface area contributed by atoms with Crippen LogP contribution in [0.1, 0.15) is 48.8 Å². The van der Waals surface area contributed by atoms with Gasteiger partial charge in [-0.2, -0.15) is 0 Å². The van der Waals surface area contributed by atoms with Crippen molar-refractivity contribution in [2.75, 3.05) is 23.8 Å². The minimum absolute atomic E-state index is 0.0976. The van der Waals surface area contributed by atoms with E-state index in [1.165, 1.54) is 19.0 Å². The van der Waals surface area contributed by atoms with Crippen LogP contribution in [0.25, 0.3) is 0 Å². The fourth-order valence-corrected chi connectivity index (χ4v) is 3.94. The van der Waals surface area contributed by atoms with Crippen LogP contribution in [-0.4, -0.2) is 52.5 Å². The Morgan fingerprint density at radius 3 is 2.58 bits per heavy atom. The molecule has 10 heteroatoms. The highest BCUT2D eigenvalue weighted by molar-refractivity contribution is 6.30. The van der Waals surface area contributed by atoms with E-state index in [9.17, 15) is 14.4 Å². The maximum atomic E-state index is 12.1. The normalized spacial score (nSPS) is 19.7. The Bertz CT molecular complexity index is 977. The van der Waals surface area contributed by atoms with Gasteiger partial charge < -0.3 is 20.3 Å². The highest BCUT2D eigenvalue weighted by Crippen LogP contribution is 2.28. The van der Waals surface area contributed by atoms with Gasteiger partial charge in [0.15, 0.2) is 5.69 Å². The molecular weight excluding hydrogens is 446 g/mol. The molecule has 0 unspecified atom stereocenters. The van der Waals surface area contributed by atoms with Gasteiger partial charge in [0.05, 0.1) is 17.3 Å². The number of nitrogens with one attached hydrogen (secondary N) is 2. The summed E-state index contributed by atoms with van der Waals surface area (Å²) in [4.78, 5) is 43.9. The number of ether oxygens (including phenoxy) is 1. The monoisotopic (exact) mass is 473 g/mol. The Balaban J connectivity index is 0.000000203. The van der Waals surface area contributed by atoms with Crippen LogP contribution in [0.2, 0.25) is 5.02 Å². The van der Waals surface area contributed by atoms with Crippen molar-refractivity contribution < 1.29 is 19.1 Å². The smallest absolute Gasteiger partial charge is 0.410 e. The first-order valence-corrected chi connectivity index (χ1v) is 11.3. The number of pyridine rings is 2. The van der Waals surface area contributed by atoms with Gasteiger partial charge in [-0.1, -0.05) is 18.5 Å². The number of nitrogens with zero attached hydrogens (tertiary/aromatic N) is 3. The van der Waals surface area contributed by atoms with Gasteiger partial charge in [0.1, 0.15) is 12.4 Å². The zero-order chi connectivity index (χ0) is 23.8. The Morgan fingerprint density at radius 1 is 1.21 bits per heavy atom. The molecule has 3 heterocycles. The highest BCUT2D eigenvalue weighted by Gasteiger charge is 2.31. The van der Waals surface area contributed by atoms with Gasteiger partial charge in [0.25, 0.3) is 5.91 Å². The van der Waals surface area contributed by atoms with Crippen molar-refractivity contribution in [1.82, 2.24) is 14.9 Å². The molecule has 33 heavy (non-hydrogen) atoms. The van der Waals surface area contributed by atoms with Crippen molar-refractivity contribution in [2.24, 2.45) is 5.92 Å². The molecule has 176 valence electrons. The number of amides is 3. The number of anilines is 2. The van der Waals surface area contributed by atoms with E-state index in [0.29, 0.717) is 41.3 Å². The van der Waals surface area contributed by atoms with E-state index in [2.05, 4.69) is 27.5 Å². The first-order chi connectivity index (χ1) is 15.9. The van der Waals surface area contributed by atoms with Gasteiger partial charge in [0.2, 0.25) is 6.41 Å². The summed E-state index contributed by atoms with van der Waals surface area (Å²) in [5, 5.41) is 5.49. The molecule has 2 aromatic heterocycles. The van der Waals surface area contributed by atoms with E-state index in [1.807, 2.05) is 4.90 Å². The van der Waals surface area contributed by atoms with Crippen LogP contribution < -0.4 is 10.6 Å². The third-order valence-electron chi connectivity index (χ3n) is 5.65. The number of carbonyl (C=O) groups is 3. The quantitative estimate of drug-likeness (QED) is 0.626. The van der Waals surface area contributed by atoms with Crippen molar-refractivity contribution in [2.45, 2.75) is 45.6 Å². The molecule has 0 bridgehead atoms. The van der Waals surface area contributed by atoms with Crippen molar-refractivity contribution in [3.8, 4) is 0 Å². The molecule has 0 spiro atoms. The molecule has 1 aliphatic carbocycles. The number of aryl methyl sites for hydroxylation is 1. The molecule has 1 saturated carbocycles. The summed E-state index contributed by atoms with van der Waals surface area (Å²) in [6, 6.07) is 6.96. The van der Waals surface area contributed by atoms with Gasteiger partial charge >= 0.3 is 6.09 Å². The van der Waals surface area contributed by atoms with Crippen molar-refractivity contribution in [1.29, 1.82) is 0 Å². The van der Waals surface area contributed by atoms with Gasteiger partial charge in [-0.25, -0.2) is 14.8 Å². The summed E-state index contributed by atoms with van der Waals surface area (Å²) < 4.78 is 4.93. The predicted molar refractivity (Wildman–Crippen MR) is 125 cm³/mol. The minimum atomic E-state index is -0.465. The average Bonchev–Trinajstić information content (AvgIpc) is 3.23. The summed E-state index contributed by atoms with van der Waals surface area (Å²) in [6.45, 7) is 5.43. The predicted octanol–water partition coefficient (Wildman–Crippen LogP) is 4.28. The van der Waals surface area contributed by atoms with Crippen molar-refractivity contribution in [3.63, 3.8) is 0 Å². The lowest BCUT2D eigenvalue weighted by Crippen LogP contribution is -2.38. The summed E-state index contributed by atoms with van der Waals surface area (Å²) in [5.41, 5.74) is 1.11. The second-order valence-corrected chi connectivity index (χ2v) is 8.58. The van der Waals surface area contributed by atoms with Gasteiger partial charge in [-0.05, 0) is 62.8 Å². The number of hydrogen-bond acceptors (Lipinski definition) is 6. The van der Waals surface area contributed by atoms with Crippen molar-refractivity contribution in [3.05, 3.63) is 46.9 Å². The van der Waals surface area contributed by atoms with Crippen molar-refractivity contribution >= 4 is 41.5 Å². The fourth-order valence-electron chi connectivity index (χ4n) is 3.83. The summed E-state index contributed by atoms with van der Waals surface area (Å²) in [5.74, 6) is 0.725. The lowest BCUT2D eigenvalue weighted by atomic mass is 9.87. The van der Waals surface area contributed by atoms with Gasteiger partial charge in [-0.3, -0.25) is 9.59 Å². The number of carbonyl (C=O) groups excluding carboxylic acids is 3. The van der Waals surface area contributed by atoms with Gasteiger partial charge in [0, 0.05) is 17.9 Å². The molecule has 0 atom stereocenters. The second-order valence-electron chi connectivity index (χ2n) is 8.15. The van der Waals surface area contributed by atoms with Crippen LogP contribution in [0.15, 0.2) is 30.5 Å². The van der Waals surface area contributed by atoms with E-state index in [-0.39, 0.29) is 11.8 Å². The molecule has 3 amide bonds. The molecule has 1 aliphatic heterocycles. The number of cyclic esters (lactones) is 1. The Hall–Kier alpha value is -3.20. The van der Waals surface area contributed by atoms with Crippen LogP contribution in [0, 0.1) is 12.8 Å². The van der Waals surface area contributed by atoms with Gasteiger partial charge in [-0.15, -0.1) is 0 Å². The van der Waals surface area contributed by atoms with Crippen LogP contribution in [0.3, 0.4) is 0 Å². The number of hydrogen-bond donors (Lipinski definition) is 2. The molecule has 2 aromatic rings. The summed E-state index contributed by atoms with van der Waals surface area (Å²) in [6.07, 6.45) is 6.66. The lowest BCUT2D eigenvalue weighted by molar-refractivity contribution is -0.105. The largest absolute Gasteiger partial charge is 0.448 e. The van der Waals surface area contributed by atoms with Crippen LogP contribution in [0.5, 0.6) is 0 Å². The maximum absolute atomic E-state index is 12.1. The third kappa shape index (κ3) is 6.89. The van der Waals surface area contributed by atoms with E-state index in [0.717, 1.165) is 25.3 Å². The minimum Gasteiger partial charge on any atom is -0.448 e. The number of aromatic nitrogens is 2. The third-order valence-corrected chi connectivity index (χ3v) is 5.87. The second kappa shape index (κ2) is 11.6. The number of halogens is 1. The Morgan fingerprint density at radius 2 is 1.97 bits per heavy atom. The topological polar surface area (TPSA) is 114 Å². The molecule has 0 radical (unpaired) electrons. The molecule has 4 rings (SSSR count). The SMILES string of the molecule is CC1CCC(N2CCOC2=O)CC1.Cc1ccc(NC=O)c(C(=O)Nc2ccc(Cl)cn2)n1.